The first-order valence-corrected chi connectivity index (χ1v) is 8.00. The maximum atomic E-state index is 11.8. The molecule has 0 radical (unpaired) electrons. The third-order valence-corrected chi connectivity index (χ3v) is 3.78. The summed E-state index contributed by atoms with van der Waals surface area (Å²) in [6.07, 6.45) is 1.12. The highest BCUT2D eigenvalue weighted by Gasteiger charge is 2.17. The molecule has 0 saturated carbocycles. The molecule has 1 unspecified atom stereocenters. The van der Waals surface area contributed by atoms with E-state index < -0.39 is 23.8 Å². The smallest absolute Gasteiger partial charge is 0.320 e. The summed E-state index contributed by atoms with van der Waals surface area (Å²) in [5, 5.41) is 17.3. The van der Waals surface area contributed by atoms with Crippen molar-refractivity contribution in [2.24, 2.45) is 0 Å². The summed E-state index contributed by atoms with van der Waals surface area (Å²) >= 11 is 5.97. The Hall–Kier alpha value is -1.83. The molecule has 0 heterocycles. The Kier molecular flexibility index (Phi) is 10.8. The van der Waals surface area contributed by atoms with Gasteiger partial charge in [0.15, 0.2) is 0 Å². The second kappa shape index (κ2) is 11.7. The highest BCUT2D eigenvalue weighted by atomic mass is 35.5. The molecule has 0 bridgehead atoms. The van der Waals surface area contributed by atoms with Gasteiger partial charge in [-0.3, -0.25) is 19.7 Å². The number of hydrogen-bond acceptors (Lipinski definition) is 4. The number of nitrogens with one attached hydrogen (secondary N) is 3. The highest BCUT2D eigenvalue weighted by Crippen LogP contribution is 2.22. The molecule has 0 aliphatic rings. The van der Waals surface area contributed by atoms with Crippen molar-refractivity contribution >= 4 is 47.5 Å². The summed E-state index contributed by atoms with van der Waals surface area (Å²) in [4.78, 5) is 34.5. The Morgan fingerprint density at radius 1 is 1.20 bits per heavy atom. The average molecular weight is 392 g/mol. The van der Waals surface area contributed by atoms with E-state index in [1.165, 1.54) is 0 Å². The number of benzene rings is 1. The second-order valence-corrected chi connectivity index (χ2v) is 5.70. The minimum absolute atomic E-state index is 0. The molecule has 25 heavy (non-hydrogen) atoms. The van der Waals surface area contributed by atoms with Crippen molar-refractivity contribution in [1.29, 1.82) is 0 Å². The van der Waals surface area contributed by atoms with E-state index in [4.69, 9.17) is 16.7 Å². The van der Waals surface area contributed by atoms with Gasteiger partial charge in [-0.25, -0.2) is 0 Å². The van der Waals surface area contributed by atoms with Crippen LogP contribution in [-0.2, 0) is 14.4 Å². The van der Waals surface area contributed by atoms with E-state index in [2.05, 4.69) is 16.0 Å². The molecule has 4 N–H and O–H groups in total. The van der Waals surface area contributed by atoms with Gasteiger partial charge in [0.25, 0.3) is 0 Å². The Balaban J connectivity index is 0.00000576. The summed E-state index contributed by atoms with van der Waals surface area (Å²) in [6, 6.07) is 4.37. The van der Waals surface area contributed by atoms with Crippen LogP contribution in [0.15, 0.2) is 18.2 Å². The highest BCUT2D eigenvalue weighted by molar-refractivity contribution is 6.31. The lowest BCUT2D eigenvalue weighted by Crippen LogP contribution is -2.44. The van der Waals surface area contributed by atoms with Gasteiger partial charge in [-0.1, -0.05) is 31.0 Å². The summed E-state index contributed by atoms with van der Waals surface area (Å²) < 4.78 is 0. The van der Waals surface area contributed by atoms with Crippen LogP contribution >= 0.6 is 24.0 Å². The Bertz CT molecular complexity index is 611. The van der Waals surface area contributed by atoms with E-state index >= 15 is 0 Å². The molecule has 0 aliphatic heterocycles. The molecule has 9 heteroatoms. The van der Waals surface area contributed by atoms with E-state index in [1.54, 1.807) is 25.1 Å². The second-order valence-electron chi connectivity index (χ2n) is 5.30. The van der Waals surface area contributed by atoms with Crippen molar-refractivity contribution in [2.45, 2.75) is 32.7 Å². The molecule has 0 aromatic heterocycles. The molecule has 1 aromatic carbocycles. The number of aliphatic carboxylic acids is 1. The minimum Gasteiger partial charge on any atom is -0.480 e. The monoisotopic (exact) mass is 391 g/mol. The maximum absolute atomic E-state index is 11.8. The maximum Gasteiger partial charge on any atom is 0.320 e. The van der Waals surface area contributed by atoms with Crippen LogP contribution in [0.25, 0.3) is 0 Å². The third kappa shape index (κ3) is 8.20. The van der Waals surface area contributed by atoms with Crippen molar-refractivity contribution in [3.05, 3.63) is 28.8 Å². The molecule has 0 spiro atoms. The van der Waals surface area contributed by atoms with Gasteiger partial charge in [0.1, 0.15) is 6.04 Å². The normalized spacial score (nSPS) is 11.2. The number of anilines is 1. The number of amides is 2. The van der Waals surface area contributed by atoms with Gasteiger partial charge in [0.2, 0.25) is 11.8 Å². The lowest BCUT2D eigenvalue weighted by atomic mass is 10.2. The van der Waals surface area contributed by atoms with Crippen LogP contribution in [0.5, 0.6) is 0 Å². The molecule has 7 nitrogen and oxygen atoms in total. The van der Waals surface area contributed by atoms with Gasteiger partial charge < -0.3 is 15.7 Å². The van der Waals surface area contributed by atoms with E-state index in [-0.39, 0.29) is 25.5 Å². The van der Waals surface area contributed by atoms with Crippen LogP contribution < -0.4 is 16.0 Å². The molecule has 1 rings (SSSR count). The standard InChI is InChI=1S/C16H22ClN3O4.ClH/c1-3-5-13(16(23)24)18-8-14(21)19-9-15(22)20-12-7-4-6-11(17)10(12)2;/h4,6-7,13,18H,3,5,8-9H2,1-2H3,(H,19,21)(H,20,22)(H,23,24);1H. The molecule has 1 aromatic rings. The Labute approximate surface area is 157 Å². The number of carbonyl (C=O) groups is 3. The fourth-order valence-corrected chi connectivity index (χ4v) is 2.17. The van der Waals surface area contributed by atoms with Gasteiger partial charge >= 0.3 is 5.97 Å². The minimum atomic E-state index is -1.00. The fraction of sp³-hybridized carbons (Fsp3) is 0.438. The van der Waals surface area contributed by atoms with E-state index in [0.29, 0.717) is 23.6 Å². The Morgan fingerprint density at radius 3 is 2.48 bits per heavy atom. The first-order valence-electron chi connectivity index (χ1n) is 7.63. The molecule has 0 aliphatic carbocycles. The van der Waals surface area contributed by atoms with E-state index in [9.17, 15) is 14.4 Å². The summed E-state index contributed by atoms with van der Waals surface area (Å²) in [5.74, 6) is -1.84. The van der Waals surface area contributed by atoms with Crippen molar-refractivity contribution in [1.82, 2.24) is 10.6 Å². The molecular weight excluding hydrogens is 369 g/mol. The zero-order chi connectivity index (χ0) is 18.1. The van der Waals surface area contributed by atoms with Gasteiger partial charge in [0.05, 0.1) is 13.1 Å². The number of carbonyl (C=O) groups excluding carboxylic acids is 2. The number of carboxylic acid groups (broad SMARTS) is 1. The fourth-order valence-electron chi connectivity index (χ4n) is 2.00. The van der Waals surface area contributed by atoms with Gasteiger partial charge in [-0.15, -0.1) is 12.4 Å². The lowest BCUT2D eigenvalue weighted by Gasteiger charge is -2.13. The van der Waals surface area contributed by atoms with Gasteiger partial charge in [0, 0.05) is 10.7 Å². The molecule has 0 saturated heterocycles. The summed E-state index contributed by atoms with van der Waals surface area (Å²) in [5.41, 5.74) is 1.32. The molecule has 1 atom stereocenters. The predicted octanol–water partition coefficient (Wildman–Crippen LogP) is 1.97. The van der Waals surface area contributed by atoms with Crippen LogP contribution in [0.4, 0.5) is 5.69 Å². The van der Waals surface area contributed by atoms with Crippen molar-refractivity contribution in [3.8, 4) is 0 Å². The average Bonchev–Trinajstić information content (AvgIpc) is 2.53. The van der Waals surface area contributed by atoms with Crippen LogP contribution in [0.2, 0.25) is 5.02 Å². The number of halogens is 2. The third-order valence-electron chi connectivity index (χ3n) is 3.37. The number of carboxylic acids is 1. The largest absolute Gasteiger partial charge is 0.480 e. The van der Waals surface area contributed by atoms with Crippen molar-refractivity contribution < 1.29 is 19.5 Å². The van der Waals surface area contributed by atoms with Crippen LogP contribution in [0, 0.1) is 6.92 Å². The zero-order valence-electron chi connectivity index (χ0n) is 14.1. The molecule has 0 fully saturated rings. The number of rotatable bonds is 9. The quantitative estimate of drug-likeness (QED) is 0.514. The number of hydrogen-bond donors (Lipinski definition) is 4. The first kappa shape index (κ1) is 23.2. The van der Waals surface area contributed by atoms with Gasteiger partial charge in [-0.2, -0.15) is 0 Å². The van der Waals surface area contributed by atoms with Crippen LogP contribution in [-0.4, -0.2) is 42.0 Å². The van der Waals surface area contributed by atoms with Crippen LogP contribution in [0.3, 0.4) is 0 Å². The van der Waals surface area contributed by atoms with Gasteiger partial charge in [-0.05, 0) is 31.0 Å². The van der Waals surface area contributed by atoms with E-state index in [0.717, 1.165) is 5.56 Å². The summed E-state index contributed by atoms with van der Waals surface area (Å²) in [7, 11) is 0. The topological polar surface area (TPSA) is 108 Å². The van der Waals surface area contributed by atoms with E-state index in [1.807, 2.05) is 6.92 Å². The first-order chi connectivity index (χ1) is 11.3. The van der Waals surface area contributed by atoms with Crippen molar-refractivity contribution in [2.75, 3.05) is 18.4 Å². The SMILES string of the molecule is CCCC(NCC(=O)NCC(=O)Nc1cccc(Cl)c1C)C(=O)O.Cl. The lowest BCUT2D eigenvalue weighted by molar-refractivity contribution is -0.139. The van der Waals surface area contributed by atoms with Crippen molar-refractivity contribution in [3.63, 3.8) is 0 Å². The Morgan fingerprint density at radius 2 is 1.88 bits per heavy atom. The zero-order valence-corrected chi connectivity index (χ0v) is 15.7. The predicted molar refractivity (Wildman–Crippen MR) is 99.4 cm³/mol. The molecular formula is C16H23Cl2N3O4. The molecule has 2 amide bonds. The van der Waals surface area contributed by atoms with Crippen LogP contribution in [0.1, 0.15) is 25.3 Å². The molecule has 140 valence electrons. The summed E-state index contributed by atoms with van der Waals surface area (Å²) in [6.45, 7) is 3.26.